The van der Waals surface area contributed by atoms with Crippen molar-refractivity contribution in [3.8, 4) is 0 Å². The Morgan fingerprint density at radius 2 is 1.72 bits per heavy atom. The monoisotopic (exact) mass is 248 g/mol. The molecule has 0 aliphatic rings. The fourth-order valence-corrected chi connectivity index (χ4v) is 1.63. The maximum Gasteiger partial charge on any atom is 0.341 e. The fraction of sp³-hybridized carbons (Fsp3) is 0. The molecule has 0 aliphatic heterocycles. The molecule has 2 rings (SSSR count). The van der Waals surface area contributed by atoms with Gasteiger partial charge in [-0.3, -0.25) is 4.79 Å². The molecule has 0 bridgehead atoms. The van der Waals surface area contributed by atoms with E-state index in [2.05, 4.69) is 4.98 Å². The molecule has 92 valence electrons. The van der Waals surface area contributed by atoms with Crippen LogP contribution in [0.2, 0.25) is 0 Å². The number of aromatic nitrogens is 1. The summed E-state index contributed by atoms with van der Waals surface area (Å²) in [5.41, 5.74) is 4.35. The third-order valence-electron chi connectivity index (χ3n) is 2.51. The number of carbonyl (C=O) groups is 2. The molecule has 7 heteroatoms. The van der Waals surface area contributed by atoms with Crippen molar-refractivity contribution >= 4 is 28.5 Å². The molecule has 2 aromatic rings. The Morgan fingerprint density at radius 3 is 2.28 bits per heavy atom. The van der Waals surface area contributed by atoms with Crippen LogP contribution >= 0.6 is 0 Å². The van der Waals surface area contributed by atoms with Gasteiger partial charge in [0.2, 0.25) is 5.43 Å². The molecule has 0 unspecified atom stereocenters. The van der Waals surface area contributed by atoms with Crippen molar-refractivity contribution < 1.29 is 19.8 Å². The number of carboxylic acids is 2. The van der Waals surface area contributed by atoms with Gasteiger partial charge >= 0.3 is 11.9 Å². The van der Waals surface area contributed by atoms with Crippen molar-refractivity contribution in [2.24, 2.45) is 0 Å². The summed E-state index contributed by atoms with van der Waals surface area (Å²) >= 11 is 0. The van der Waals surface area contributed by atoms with Gasteiger partial charge in [-0.1, -0.05) is 0 Å². The van der Waals surface area contributed by atoms with E-state index in [9.17, 15) is 14.4 Å². The lowest BCUT2D eigenvalue weighted by atomic mass is 10.1. The second-order valence-corrected chi connectivity index (χ2v) is 3.63. The number of hydrogen-bond acceptors (Lipinski definition) is 4. The minimum atomic E-state index is -1.38. The van der Waals surface area contributed by atoms with Gasteiger partial charge in [-0.25, -0.2) is 9.59 Å². The predicted molar refractivity (Wildman–Crippen MR) is 62.9 cm³/mol. The second kappa shape index (κ2) is 3.88. The molecule has 5 N–H and O–H groups in total. The Labute approximate surface area is 99.5 Å². The molecular weight excluding hydrogens is 240 g/mol. The van der Waals surface area contributed by atoms with Gasteiger partial charge in [0.1, 0.15) is 5.56 Å². The summed E-state index contributed by atoms with van der Waals surface area (Å²) in [4.78, 5) is 36.1. The third kappa shape index (κ3) is 1.67. The van der Waals surface area contributed by atoms with Crippen molar-refractivity contribution in [2.45, 2.75) is 0 Å². The zero-order valence-electron chi connectivity index (χ0n) is 8.93. The van der Waals surface area contributed by atoms with Gasteiger partial charge < -0.3 is 20.9 Å². The Bertz CT molecular complexity index is 732. The van der Waals surface area contributed by atoms with E-state index in [1.165, 1.54) is 6.07 Å². The minimum Gasteiger partial charge on any atom is -0.478 e. The van der Waals surface area contributed by atoms with Crippen molar-refractivity contribution in [1.29, 1.82) is 0 Å². The van der Waals surface area contributed by atoms with Crippen LogP contribution in [0.25, 0.3) is 10.9 Å². The SMILES string of the molecule is Nc1cc2[nH]cc(C(=O)O)c(=O)c2cc1C(=O)O. The maximum atomic E-state index is 11.8. The van der Waals surface area contributed by atoms with E-state index in [0.717, 1.165) is 12.3 Å². The van der Waals surface area contributed by atoms with Crippen LogP contribution in [0.15, 0.2) is 23.1 Å². The largest absolute Gasteiger partial charge is 0.478 e. The van der Waals surface area contributed by atoms with Crippen molar-refractivity contribution in [3.63, 3.8) is 0 Å². The summed E-state index contributed by atoms with van der Waals surface area (Å²) in [6.07, 6.45) is 1.05. The molecular formula is C11H8N2O5. The Morgan fingerprint density at radius 1 is 1.11 bits per heavy atom. The number of aromatic amines is 1. The highest BCUT2D eigenvalue weighted by molar-refractivity contribution is 6.00. The zero-order valence-corrected chi connectivity index (χ0v) is 8.93. The fourth-order valence-electron chi connectivity index (χ4n) is 1.63. The van der Waals surface area contributed by atoms with Crippen LogP contribution in [-0.4, -0.2) is 27.1 Å². The van der Waals surface area contributed by atoms with E-state index in [1.54, 1.807) is 0 Å². The highest BCUT2D eigenvalue weighted by Crippen LogP contribution is 2.18. The quantitative estimate of drug-likeness (QED) is 0.572. The second-order valence-electron chi connectivity index (χ2n) is 3.63. The first-order valence-electron chi connectivity index (χ1n) is 4.83. The number of benzene rings is 1. The number of aromatic carboxylic acids is 2. The number of fused-ring (bicyclic) bond motifs is 1. The molecule has 1 aromatic carbocycles. The highest BCUT2D eigenvalue weighted by Gasteiger charge is 2.15. The average molecular weight is 248 g/mol. The van der Waals surface area contributed by atoms with Crippen LogP contribution in [0.3, 0.4) is 0 Å². The number of carboxylic acid groups (broad SMARTS) is 2. The summed E-state index contributed by atoms with van der Waals surface area (Å²) in [7, 11) is 0. The third-order valence-corrected chi connectivity index (χ3v) is 2.51. The first-order valence-corrected chi connectivity index (χ1v) is 4.83. The van der Waals surface area contributed by atoms with Gasteiger partial charge in [0.25, 0.3) is 0 Å². The van der Waals surface area contributed by atoms with Gasteiger partial charge in [0.05, 0.1) is 11.1 Å². The first kappa shape index (κ1) is 11.6. The van der Waals surface area contributed by atoms with E-state index >= 15 is 0 Å². The summed E-state index contributed by atoms with van der Waals surface area (Å²) in [5.74, 6) is -2.67. The van der Waals surface area contributed by atoms with Crippen LogP contribution in [0.5, 0.6) is 0 Å². The van der Waals surface area contributed by atoms with Crippen LogP contribution in [0.1, 0.15) is 20.7 Å². The number of nitrogen functional groups attached to an aromatic ring is 1. The zero-order chi connectivity index (χ0) is 13.4. The lowest BCUT2D eigenvalue weighted by Gasteiger charge is -2.04. The van der Waals surface area contributed by atoms with E-state index in [1.807, 2.05) is 0 Å². The van der Waals surface area contributed by atoms with Crippen molar-refractivity contribution in [1.82, 2.24) is 4.98 Å². The molecule has 0 aliphatic carbocycles. The molecule has 1 heterocycles. The molecule has 0 radical (unpaired) electrons. The molecule has 0 amide bonds. The molecule has 0 saturated carbocycles. The number of hydrogen-bond donors (Lipinski definition) is 4. The van der Waals surface area contributed by atoms with Crippen LogP contribution < -0.4 is 11.2 Å². The average Bonchev–Trinajstić information content (AvgIpc) is 2.27. The number of nitrogens with one attached hydrogen (secondary N) is 1. The molecule has 0 spiro atoms. The molecule has 7 nitrogen and oxygen atoms in total. The predicted octanol–water partition coefficient (Wildman–Crippen LogP) is 0.507. The smallest absolute Gasteiger partial charge is 0.341 e. The van der Waals surface area contributed by atoms with Gasteiger partial charge in [0, 0.05) is 17.3 Å². The Balaban J connectivity index is 2.89. The lowest BCUT2D eigenvalue weighted by molar-refractivity contribution is 0.0686. The molecule has 0 saturated heterocycles. The summed E-state index contributed by atoms with van der Waals surface area (Å²) < 4.78 is 0. The van der Waals surface area contributed by atoms with Crippen LogP contribution in [-0.2, 0) is 0 Å². The van der Waals surface area contributed by atoms with E-state index in [-0.39, 0.29) is 22.2 Å². The number of nitrogens with two attached hydrogens (primary N) is 1. The number of pyridine rings is 1. The van der Waals surface area contributed by atoms with Gasteiger partial charge in [-0.2, -0.15) is 0 Å². The van der Waals surface area contributed by atoms with E-state index < -0.39 is 22.9 Å². The lowest BCUT2D eigenvalue weighted by Crippen LogP contribution is -2.16. The normalized spacial score (nSPS) is 10.4. The number of rotatable bonds is 2. The van der Waals surface area contributed by atoms with E-state index in [4.69, 9.17) is 15.9 Å². The Hall–Kier alpha value is -2.83. The van der Waals surface area contributed by atoms with Gasteiger partial charge in [-0.05, 0) is 12.1 Å². The van der Waals surface area contributed by atoms with Crippen LogP contribution in [0, 0.1) is 0 Å². The molecule has 0 atom stereocenters. The van der Waals surface area contributed by atoms with Gasteiger partial charge in [0.15, 0.2) is 0 Å². The van der Waals surface area contributed by atoms with Gasteiger partial charge in [-0.15, -0.1) is 0 Å². The van der Waals surface area contributed by atoms with Crippen LogP contribution in [0.4, 0.5) is 5.69 Å². The number of anilines is 1. The van der Waals surface area contributed by atoms with Crippen molar-refractivity contribution in [2.75, 3.05) is 5.73 Å². The maximum absolute atomic E-state index is 11.8. The molecule has 1 aromatic heterocycles. The Kier molecular flexibility index (Phi) is 2.51. The van der Waals surface area contributed by atoms with Crippen molar-refractivity contribution in [3.05, 3.63) is 39.7 Å². The molecule has 0 fully saturated rings. The summed E-state index contributed by atoms with van der Waals surface area (Å²) in [6.45, 7) is 0. The summed E-state index contributed by atoms with van der Waals surface area (Å²) in [5, 5.41) is 17.7. The standard InChI is InChI=1S/C11H8N2O5/c12-7-2-8-5(1-4(7)10(15)16)9(14)6(3-13-8)11(17)18/h1-3H,12H2,(H,13,14)(H,15,16)(H,17,18). The highest BCUT2D eigenvalue weighted by atomic mass is 16.4. The summed E-state index contributed by atoms with van der Waals surface area (Å²) in [6, 6.07) is 2.35. The molecule has 18 heavy (non-hydrogen) atoms. The minimum absolute atomic E-state index is 0.00581. The number of H-pyrrole nitrogens is 1. The first-order chi connectivity index (χ1) is 8.41. The van der Waals surface area contributed by atoms with E-state index in [0.29, 0.717) is 0 Å². The topological polar surface area (TPSA) is 133 Å².